The van der Waals surface area contributed by atoms with Gasteiger partial charge in [0.05, 0.1) is 0 Å². The summed E-state index contributed by atoms with van der Waals surface area (Å²) in [5, 5.41) is 18.9. The normalized spacial score (nSPS) is 17.4. The highest BCUT2D eigenvalue weighted by atomic mass is 19.4. The summed E-state index contributed by atoms with van der Waals surface area (Å²) in [6.45, 7) is 5.29. The Labute approximate surface area is 239 Å². The Hall–Kier alpha value is -3.48. The van der Waals surface area contributed by atoms with Crippen LogP contribution in [0.5, 0.6) is 0 Å². The van der Waals surface area contributed by atoms with Crippen molar-refractivity contribution in [1.82, 2.24) is 14.8 Å². The van der Waals surface area contributed by atoms with Gasteiger partial charge in [0.2, 0.25) is 0 Å². The topological polar surface area (TPSA) is 76.9 Å². The lowest BCUT2D eigenvalue weighted by atomic mass is 9.90. The Morgan fingerprint density at radius 1 is 0.905 bits per heavy atom. The molecule has 0 amide bonds. The minimum atomic E-state index is -5.95. The van der Waals surface area contributed by atoms with Crippen molar-refractivity contribution >= 4 is 5.97 Å². The zero-order valence-corrected chi connectivity index (χ0v) is 22.8. The lowest BCUT2D eigenvalue weighted by Gasteiger charge is -2.41. The molecule has 2 heterocycles. The number of halogens is 6. The van der Waals surface area contributed by atoms with Gasteiger partial charge in [-0.2, -0.15) is 26.3 Å². The Kier molecular flexibility index (Phi) is 9.29. The second-order valence-corrected chi connectivity index (χ2v) is 10.6. The molecule has 1 aliphatic heterocycles. The van der Waals surface area contributed by atoms with E-state index in [1.165, 1.54) is 0 Å². The van der Waals surface area contributed by atoms with Gasteiger partial charge in [-0.05, 0) is 53.3 Å². The summed E-state index contributed by atoms with van der Waals surface area (Å²) in [6.07, 6.45) is -7.91. The molecule has 3 aromatic rings. The van der Waals surface area contributed by atoms with Crippen LogP contribution in [0.2, 0.25) is 0 Å². The molecule has 2 N–H and O–H groups in total. The first-order chi connectivity index (χ1) is 19.7. The fourth-order valence-corrected chi connectivity index (χ4v) is 5.38. The highest BCUT2D eigenvalue weighted by molar-refractivity contribution is 5.68. The molecule has 4 rings (SSSR count). The van der Waals surface area contributed by atoms with Gasteiger partial charge in [-0.3, -0.25) is 19.6 Å². The number of carboxylic acids is 1. The van der Waals surface area contributed by atoms with Crippen molar-refractivity contribution in [2.45, 2.75) is 56.9 Å². The van der Waals surface area contributed by atoms with Crippen LogP contribution in [0.25, 0.3) is 11.1 Å². The lowest BCUT2D eigenvalue weighted by Crippen LogP contribution is -2.53. The summed E-state index contributed by atoms with van der Waals surface area (Å²) in [5.74, 6) is -0.865. The highest BCUT2D eigenvalue weighted by Gasteiger charge is 2.71. The molecule has 1 saturated heterocycles. The number of carboxylic acid groups (broad SMARTS) is 1. The van der Waals surface area contributed by atoms with Crippen molar-refractivity contribution in [1.29, 1.82) is 0 Å². The SMILES string of the molecule is Cc1cc(CN2CCN(Cc3ccncc3)C[C@@H]2CCC(=O)O)ccc1-c1ccc(C(O)(C(F)(F)F)C(F)(F)F)cc1. The van der Waals surface area contributed by atoms with Crippen molar-refractivity contribution in [2.75, 3.05) is 19.6 Å². The number of alkyl halides is 6. The quantitative estimate of drug-likeness (QED) is 0.299. The van der Waals surface area contributed by atoms with Crippen molar-refractivity contribution in [3.05, 3.63) is 89.2 Å². The summed E-state index contributed by atoms with van der Waals surface area (Å²) in [5.41, 5.74) is -2.43. The Morgan fingerprint density at radius 2 is 1.55 bits per heavy atom. The number of hydrogen-bond donors (Lipinski definition) is 2. The molecule has 1 fully saturated rings. The average molecular weight is 596 g/mol. The molecule has 0 unspecified atom stereocenters. The van der Waals surface area contributed by atoms with Crippen LogP contribution in [0.15, 0.2) is 67.0 Å². The zero-order valence-electron chi connectivity index (χ0n) is 22.8. The first kappa shape index (κ1) is 31.5. The number of hydrogen-bond acceptors (Lipinski definition) is 5. The predicted molar refractivity (Wildman–Crippen MR) is 143 cm³/mol. The van der Waals surface area contributed by atoms with Crippen LogP contribution >= 0.6 is 0 Å². The molecular formula is C30H31F6N3O3. The molecule has 0 spiro atoms. The maximum absolute atomic E-state index is 13.2. The molecule has 0 aliphatic carbocycles. The highest BCUT2D eigenvalue weighted by Crippen LogP contribution is 2.50. The van der Waals surface area contributed by atoms with Crippen molar-refractivity contribution in [2.24, 2.45) is 0 Å². The van der Waals surface area contributed by atoms with Gasteiger partial charge >= 0.3 is 18.3 Å². The van der Waals surface area contributed by atoms with Gasteiger partial charge in [0, 0.05) is 63.1 Å². The fraction of sp³-hybridized carbons (Fsp3) is 0.400. The Morgan fingerprint density at radius 3 is 2.12 bits per heavy atom. The number of carbonyl (C=O) groups is 1. The van der Waals surface area contributed by atoms with Gasteiger partial charge in [0.15, 0.2) is 0 Å². The van der Waals surface area contributed by atoms with E-state index in [1.54, 1.807) is 25.4 Å². The molecule has 1 atom stereocenters. The molecule has 0 saturated carbocycles. The molecule has 1 aliphatic rings. The average Bonchev–Trinajstić information content (AvgIpc) is 2.92. The standard InChI is InChI=1S/C30H31F6N3O3/c1-20-16-22(2-8-26(20)23-3-5-24(6-4-23)28(42,29(31,32)33)30(34,35)36)18-39-15-14-38(17-21-10-12-37-13-11-21)19-25(39)7-9-27(40)41/h2-6,8,10-13,16,25,42H,7,9,14-15,17-19H2,1H3,(H,40,41)/t25-/m0/s1. The van der Waals surface area contributed by atoms with E-state index in [0.29, 0.717) is 42.8 Å². The van der Waals surface area contributed by atoms with Gasteiger partial charge in [-0.1, -0.05) is 42.5 Å². The third kappa shape index (κ3) is 6.93. The Balaban J connectivity index is 1.49. The number of aliphatic carboxylic acids is 1. The maximum atomic E-state index is 13.2. The lowest BCUT2D eigenvalue weighted by molar-refractivity contribution is -0.376. The van der Waals surface area contributed by atoms with E-state index in [9.17, 15) is 41.4 Å². The van der Waals surface area contributed by atoms with Gasteiger partial charge in [-0.25, -0.2) is 0 Å². The number of piperazine rings is 1. The van der Waals surface area contributed by atoms with E-state index < -0.39 is 29.5 Å². The second-order valence-electron chi connectivity index (χ2n) is 10.6. The van der Waals surface area contributed by atoms with E-state index >= 15 is 0 Å². The zero-order chi connectivity index (χ0) is 30.7. The van der Waals surface area contributed by atoms with Gasteiger partial charge in [0.1, 0.15) is 0 Å². The molecule has 226 valence electrons. The summed E-state index contributed by atoms with van der Waals surface area (Å²) < 4.78 is 79.4. The number of pyridine rings is 1. The smallest absolute Gasteiger partial charge is 0.430 e. The number of benzene rings is 2. The minimum Gasteiger partial charge on any atom is -0.481 e. The van der Waals surface area contributed by atoms with Crippen molar-refractivity contribution < 1.29 is 41.4 Å². The minimum absolute atomic E-state index is 0.00484. The van der Waals surface area contributed by atoms with Crippen LogP contribution in [-0.4, -0.2) is 69.0 Å². The predicted octanol–water partition coefficient (Wildman–Crippen LogP) is 5.92. The van der Waals surface area contributed by atoms with Gasteiger partial charge in [-0.15, -0.1) is 0 Å². The molecule has 42 heavy (non-hydrogen) atoms. The first-order valence-electron chi connectivity index (χ1n) is 13.3. The molecule has 12 heteroatoms. The summed E-state index contributed by atoms with van der Waals surface area (Å²) >= 11 is 0. The largest absolute Gasteiger partial charge is 0.481 e. The second kappa shape index (κ2) is 12.4. The third-order valence-electron chi connectivity index (χ3n) is 7.65. The summed E-state index contributed by atoms with van der Waals surface area (Å²) in [4.78, 5) is 19.9. The maximum Gasteiger partial charge on any atom is 0.430 e. The molecule has 6 nitrogen and oxygen atoms in total. The molecule has 0 radical (unpaired) electrons. The number of rotatable bonds is 9. The number of aromatic nitrogens is 1. The number of aryl methyl sites for hydroxylation is 1. The van der Waals surface area contributed by atoms with E-state index in [2.05, 4.69) is 14.8 Å². The molecule has 1 aromatic heterocycles. The van der Waals surface area contributed by atoms with Gasteiger partial charge < -0.3 is 10.2 Å². The first-order valence-corrected chi connectivity index (χ1v) is 13.3. The van der Waals surface area contributed by atoms with Crippen LogP contribution in [0.3, 0.4) is 0 Å². The van der Waals surface area contributed by atoms with Crippen molar-refractivity contribution in [3.63, 3.8) is 0 Å². The summed E-state index contributed by atoms with van der Waals surface area (Å²) in [6, 6.07) is 12.9. The molecule has 0 bridgehead atoms. The third-order valence-corrected chi connectivity index (χ3v) is 7.65. The number of aliphatic hydroxyl groups is 1. The van der Waals surface area contributed by atoms with Crippen LogP contribution in [0.1, 0.15) is 35.1 Å². The summed E-state index contributed by atoms with van der Waals surface area (Å²) in [7, 11) is 0. The van der Waals surface area contributed by atoms with Crippen LogP contribution in [0, 0.1) is 6.92 Å². The van der Waals surface area contributed by atoms with Crippen molar-refractivity contribution in [3.8, 4) is 11.1 Å². The van der Waals surface area contributed by atoms with Gasteiger partial charge in [0.25, 0.3) is 5.60 Å². The van der Waals surface area contributed by atoms with E-state index in [0.717, 1.165) is 48.5 Å². The molecular weight excluding hydrogens is 564 g/mol. The fourth-order valence-electron chi connectivity index (χ4n) is 5.38. The Bertz CT molecular complexity index is 1350. The van der Waals surface area contributed by atoms with Crippen LogP contribution < -0.4 is 0 Å². The van der Waals surface area contributed by atoms with Crippen LogP contribution in [-0.2, 0) is 23.5 Å². The number of nitrogens with zero attached hydrogens (tertiary/aromatic N) is 3. The molecule has 2 aromatic carbocycles. The van der Waals surface area contributed by atoms with E-state index in [4.69, 9.17) is 0 Å². The van der Waals surface area contributed by atoms with E-state index in [1.807, 2.05) is 24.3 Å². The van der Waals surface area contributed by atoms with Crippen LogP contribution in [0.4, 0.5) is 26.3 Å². The monoisotopic (exact) mass is 595 g/mol. The van der Waals surface area contributed by atoms with E-state index in [-0.39, 0.29) is 12.5 Å².